The summed E-state index contributed by atoms with van der Waals surface area (Å²) in [6.45, 7) is 13.5. The van der Waals surface area contributed by atoms with Gasteiger partial charge in [0.15, 0.2) is 0 Å². The molecule has 1 heteroatoms. The highest BCUT2D eigenvalue weighted by molar-refractivity contribution is 5.77. The number of anilines is 3. The number of hydrogen-bond acceptors (Lipinski definition) is 1. The third-order valence-corrected chi connectivity index (χ3v) is 6.64. The zero-order chi connectivity index (χ0) is 21.0. The molecule has 0 fully saturated rings. The molecule has 0 saturated carbocycles. The second-order valence-electron chi connectivity index (χ2n) is 8.45. The lowest BCUT2D eigenvalue weighted by Gasteiger charge is -2.30. The Hall–Kier alpha value is -2.54. The van der Waals surface area contributed by atoms with E-state index in [2.05, 4.69) is 113 Å². The fraction of sp³-hybridized carbons (Fsp3) is 0.357. The Kier molecular flexibility index (Phi) is 6.47. The minimum absolute atomic E-state index is 0.243. The zero-order valence-corrected chi connectivity index (χ0v) is 18.9. The third kappa shape index (κ3) is 4.40. The molecule has 3 aromatic carbocycles. The van der Waals surface area contributed by atoms with E-state index >= 15 is 0 Å². The van der Waals surface area contributed by atoms with E-state index in [1.807, 2.05) is 0 Å². The Labute approximate surface area is 177 Å². The normalized spacial score (nSPS) is 11.5. The maximum absolute atomic E-state index is 2.37. The van der Waals surface area contributed by atoms with E-state index in [0.717, 1.165) is 19.3 Å². The second-order valence-corrected chi connectivity index (χ2v) is 8.45. The first-order valence-corrected chi connectivity index (χ1v) is 11.0. The Morgan fingerprint density at radius 1 is 0.690 bits per heavy atom. The molecule has 152 valence electrons. The van der Waals surface area contributed by atoms with Gasteiger partial charge in [-0.25, -0.2) is 0 Å². The van der Waals surface area contributed by atoms with Crippen LogP contribution in [0.3, 0.4) is 0 Å². The Morgan fingerprint density at radius 2 is 1.21 bits per heavy atom. The quantitative estimate of drug-likeness (QED) is 0.394. The van der Waals surface area contributed by atoms with Gasteiger partial charge < -0.3 is 4.90 Å². The van der Waals surface area contributed by atoms with Crippen LogP contribution >= 0.6 is 0 Å². The van der Waals surface area contributed by atoms with Crippen molar-refractivity contribution in [1.82, 2.24) is 0 Å². The van der Waals surface area contributed by atoms with Crippen molar-refractivity contribution in [2.24, 2.45) is 0 Å². The standard InChI is InChI=1S/C28H35N/c1-7-23-12-17-27(20-22(23)5)29(25-15-10-21(4)11-16-25)26-18-13-24(14-19-26)28(6,8-2)9-3/h10-20H,7-9H2,1-6H3. The largest absolute Gasteiger partial charge is 0.310 e. The van der Waals surface area contributed by atoms with Crippen molar-refractivity contribution in [3.8, 4) is 0 Å². The van der Waals surface area contributed by atoms with Crippen molar-refractivity contribution < 1.29 is 0 Å². The van der Waals surface area contributed by atoms with E-state index < -0.39 is 0 Å². The van der Waals surface area contributed by atoms with Gasteiger partial charge in [-0.15, -0.1) is 0 Å². The summed E-state index contributed by atoms with van der Waals surface area (Å²) in [5.74, 6) is 0. The molecule has 0 amide bonds. The van der Waals surface area contributed by atoms with Crippen LogP contribution in [-0.4, -0.2) is 0 Å². The molecule has 0 aliphatic carbocycles. The number of aryl methyl sites for hydroxylation is 3. The topological polar surface area (TPSA) is 3.24 Å². The van der Waals surface area contributed by atoms with Gasteiger partial charge in [0.05, 0.1) is 0 Å². The monoisotopic (exact) mass is 385 g/mol. The molecule has 0 aromatic heterocycles. The van der Waals surface area contributed by atoms with Crippen LogP contribution in [0.4, 0.5) is 17.1 Å². The smallest absolute Gasteiger partial charge is 0.0464 e. The summed E-state index contributed by atoms with van der Waals surface area (Å²) >= 11 is 0. The van der Waals surface area contributed by atoms with Gasteiger partial charge >= 0.3 is 0 Å². The summed E-state index contributed by atoms with van der Waals surface area (Å²) < 4.78 is 0. The third-order valence-electron chi connectivity index (χ3n) is 6.64. The van der Waals surface area contributed by atoms with E-state index in [4.69, 9.17) is 0 Å². The zero-order valence-electron chi connectivity index (χ0n) is 18.9. The molecular formula is C28H35N. The molecule has 0 aliphatic rings. The average Bonchev–Trinajstić information content (AvgIpc) is 2.75. The fourth-order valence-corrected chi connectivity index (χ4v) is 4.03. The molecule has 0 radical (unpaired) electrons. The summed E-state index contributed by atoms with van der Waals surface area (Å²) in [5, 5.41) is 0. The van der Waals surface area contributed by atoms with E-state index in [-0.39, 0.29) is 5.41 Å². The van der Waals surface area contributed by atoms with Gasteiger partial charge in [-0.3, -0.25) is 0 Å². The highest BCUT2D eigenvalue weighted by Gasteiger charge is 2.22. The van der Waals surface area contributed by atoms with Crippen LogP contribution in [0, 0.1) is 13.8 Å². The lowest BCUT2D eigenvalue weighted by Crippen LogP contribution is -2.19. The summed E-state index contributed by atoms with van der Waals surface area (Å²) in [6, 6.07) is 24.8. The molecule has 0 atom stereocenters. The number of rotatable bonds is 7. The van der Waals surface area contributed by atoms with Crippen LogP contribution in [0.25, 0.3) is 0 Å². The minimum Gasteiger partial charge on any atom is -0.310 e. The second kappa shape index (κ2) is 8.86. The number of nitrogens with zero attached hydrogens (tertiary/aromatic N) is 1. The first kappa shape index (κ1) is 21.2. The fourth-order valence-electron chi connectivity index (χ4n) is 4.03. The molecule has 29 heavy (non-hydrogen) atoms. The molecule has 0 saturated heterocycles. The summed E-state index contributed by atoms with van der Waals surface area (Å²) in [7, 11) is 0. The molecule has 0 N–H and O–H groups in total. The van der Waals surface area contributed by atoms with Crippen LogP contribution in [0.15, 0.2) is 66.7 Å². The van der Waals surface area contributed by atoms with Crippen LogP contribution in [0.1, 0.15) is 62.8 Å². The first-order chi connectivity index (χ1) is 13.9. The van der Waals surface area contributed by atoms with Crippen LogP contribution in [0.2, 0.25) is 0 Å². The SMILES string of the molecule is CCc1ccc(N(c2ccc(C)cc2)c2ccc(C(C)(CC)CC)cc2)cc1C. The average molecular weight is 386 g/mol. The molecule has 0 spiro atoms. The Balaban J connectivity index is 2.08. The molecule has 0 unspecified atom stereocenters. The molecule has 3 rings (SSSR count). The van der Waals surface area contributed by atoms with Gasteiger partial charge in [0.1, 0.15) is 0 Å². The van der Waals surface area contributed by atoms with Crippen LogP contribution in [0.5, 0.6) is 0 Å². The lowest BCUT2D eigenvalue weighted by atomic mass is 9.78. The predicted molar refractivity (Wildman–Crippen MR) is 128 cm³/mol. The Bertz CT molecular complexity index is 931. The molecule has 0 aliphatic heterocycles. The van der Waals surface area contributed by atoms with Crippen molar-refractivity contribution in [3.63, 3.8) is 0 Å². The minimum atomic E-state index is 0.243. The van der Waals surface area contributed by atoms with E-state index in [1.165, 1.54) is 39.3 Å². The molecule has 0 heterocycles. The molecule has 1 nitrogen and oxygen atoms in total. The number of benzene rings is 3. The van der Waals surface area contributed by atoms with Gasteiger partial charge in [-0.1, -0.05) is 63.6 Å². The predicted octanol–water partition coefficient (Wildman–Crippen LogP) is 8.41. The van der Waals surface area contributed by atoms with Gasteiger partial charge in [0, 0.05) is 17.1 Å². The van der Waals surface area contributed by atoms with E-state index in [9.17, 15) is 0 Å². The van der Waals surface area contributed by atoms with Crippen molar-refractivity contribution in [2.75, 3.05) is 4.90 Å². The van der Waals surface area contributed by atoms with Gasteiger partial charge in [-0.05, 0) is 91.6 Å². The van der Waals surface area contributed by atoms with Crippen molar-refractivity contribution in [3.05, 3.63) is 89.0 Å². The first-order valence-electron chi connectivity index (χ1n) is 11.0. The molecule has 0 bridgehead atoms. The van der Waals surface area contributed by atoms with Gasteiger partial charge in [0.2, 0.25) is 0 Å². The lowest BCUT2D eigenvalue weighted by molar-refractivity contribution is 0.439. The summed E-state index contributed by atoms with van der Waals surface area (Å²) in [6.07, 6.45) is 3.38. The molecule has 3 aromatic rings. The van der Waals surface area contributed by atoms with Crippen LogP contribution in [-0.2, 0) is 11.8 Å². The Morgan fingerprint density at radius 3 is 1.69 bits per heavy atom. The summed E-state index contributed by atoms with van der Waals surface area (Å²) in [4.78, 5) is 2.37. The maximum Gasteiger partial charge on any atom is 0.0464 e. The highest BCUT2D eigenvalue weighted by Crippen LogP contribution is 2.38. The molecular weight excluding hydrogens is 350 g/mol. The van der Waals surface area contributed by atoms with Crippen molar-refractivity contribution >= 4 is 17.1 Å². The van der Waals surface area contributed by atoms with Crippen molar-refractivity contribution in [2.45, 2.75) is 66.2 Å². The van der Waals surface area contributed by atoms with Gasteiger partial charge in [-0.2, -0.15) is 0 Å². The van der Waals surface area contributed by atoms with Crippen LogP contribution < -0.4 is 4.90 Å². The van der Waals surface area contributed by atoms with Crippen molar-refractivity contribution in [1.29, 1.82) is 0 Å². The maximum atomic E-state index is 2.37. The number of hydrogen-bond donors (Lipinski definition) is 0. The van der Waals surface area contributed by atoms with E-state index in [1.54, 1.807) is 0 Å². The summed E-state index contributed by atoms with van der Waals surface area (Å²) in [5.41, 5.74) is 9.32. The highest BCUT2D eigenvalue weighted by atomic mass is 15.1. The van der Waals surface area contributed by atoms with Gasteiger partial charge in [0.25, 0.3) is 0 Å². The van der Waals surface area contributed by atoms with E-state index in [0.29, 0.717) is 0 Å².